The summed E-state index contributed by atoms with van der Waals surface area (Å²) in [6, 6.07) is 51.7. The van der Waals surface area contributed by atoms with Gasteiger partial charge in [0, 0.05) is 54.4 Å². The first-order valence-electron chi connectivity index (χ1n) is 26.0. The SMILES string of the molecule is Cc1ccc2sc3c(c2c1)N(c1ccc(C(C)(C)C)cc1)c1cc(N(c2ccccc2)c2ccccc2)cc2c1B3c1ccc3c4c1N2c1c(C)cc2c(c1C4(C)CCC3(C)C)C(C)(C)CCC2(C)C. The molecule has 0 N–H and O–H groups in total. The Hall–Kier alpha value is -6.04. The normalized spacial score (nSPS) is 19.5. The molecule has 0 amide bonds. The van der Waals surface area contributed by atoms with E-state index in [-0.39, 0.29) is 33.8 Å². The molecule has 0 saturated carbocycles. The van der Waals surface area contributed by atoms with Crippen molar-refractivity contribution in [2.45, 2.75) is 136 Å². The van der Waals surface area contributed by atoms with Gasteiger partial charge in [0.05, 0.1) is 17.1 Å². The maximum Gasteiger partial charge on any atom is 0.264 e. The maximum atomic E-state index is 2.84. The van der Waals surface area contributed by atoms with E-state index in [1.165, 1.54) is 95.0 Å². The van der Waals surface area contributed by atoms with Gasteiger partial charge in [0.2, 0.25) is 0 Å². The highest BCUT2D eigenvalue weighted by Gasteiger charge is 2.56. The highest BCUT2D eigenvalue weighted by Crippen LogP contribution is 2.65. The van der Waals surface area contributed by atoms with Crippen molar-refractivity contribution in [3.05, 3.63) is 178 Å². The van der Waals surface area contributed by atoms with Crippen LogP contribution in [0.3, 0.4) is 0 Å². The van der Waals surface area contributed by atoms with E-state index in [1.807, 2.05) is 11.3 Å². The van der Waals surface area contributed by atoms with Gasteiger partial charge in [0.1, 0.15) is 0 Å². The van der Waals surface area contributed by atoms with Crippen LogP contribution >= 0.6 is 11.3 Å². The van der Waals surface area contributed by atoms with E-state index in [4.69, 9.17) is 0 Å². The second-order valence-electron chi connectivity index (χ2n) is 24.9. The summed E-state index contributed by atoms with van der Waals surface area (Å²) in [4.78, 5) is 8.01. The molecular weight excluding hydrogens is 866 g/mol. The third-order valence-electron chi connectivity index (χ3n) is 17.8. The first-order chi connectivity index (χ1) is 33.3. The molecule has 1 unspecified atom stereocenters. The Bertz CT molecular complexity index is 3460. The molecule has 8 aromatic rings. The van der Waals surface area contributed by atoms with Gasteiger partial charge in [-0.25, -0.2) is 0 Å². The minimum Gasteiger partial charge on any atom is -0.310 e. The fourth-order valence-corrected chi connectivity index (χ4v) is 15.3. The minimum atomic E-state index is -0.170. The summed E-state index contributed by atoms with van der Waals surface area (Å²) in [5, 5.41) is 1.33. The number of fused-ring (bicyclic) bond motifs is 11. The average Bonchev–Trinajstić information content (AvgIpc) is 3.70. The molecule has 7 aromatic carbocycles. The molecule has 5 aliphatic rings. The predicted octanol–water partition coefficient (Wildman–Crippen LogP) is 16.4. The standard InChI is InChI=1S/C65H66BN3S/c1-39-23-30-52-46(35-39)58-60(70-52)66-49-29-28-47-54-59(49)69(57-40(2)36-48-53(64(10,11)32-31-63(48,8)9)55(57)65(54,12)34-33-62(47,6)7)51-38-45(67(42-19-15-13-16-20-42)43-21-17-14-18-22-43)37-50(56(51)66)68(58)44-26-24-41(25-27-44)61(3,4)5/h13-30,35-38H,31-34H2,1-12H3. The number of thiophene rings is 1. The molecule has 1 aromatic heterocycles. The van der Waals surface area contributed by atoms with E-state index >= 15 is 0 Å². The largest absolute Gasteiger partial charge is 0.310 e. The molecule has 13 rings (SSSR count). The molecular formula is C65H66BN3S. The Labute approximate surface area is 421 Å². The topological polar surface area (TPSA) is 9.72 Å². The highest BCUT2D eigenvalue weighted by molar-refractivity contribution is 7.33. The van der Waals surface area contributed by atoms with Gasteiger partial charge < -0.3 is 14.7 Å². The van der Waals surface area contributed by atoms with Crippen LogP contribution < -0.4 is 30.4 Å². The summed E-state index contributed by atoms with van der Waals surface area (Å²) >= 11 is 2.01. The minimum absolute atomic E-state index is 0.0189. The summed E-state index contributed by atoms with van der Waals surface area (Å²) in [6.45, 7) is 29.5. The second kappa shape index (κ2) is 14.5. The Balaban J connectivity index is 1.22. The molecule has 350 valence electrons. The van der Waals surface area contributed by atoms with Crippen molar-refractivity contribution >= 4 is 95.0 Å². The van der Waals surface area contributed by atoms with Gasteiger partial charge in [-0.1, -0.05) is 148 Å². The number of anilines is 9. The van der Waals surface area contributed by atoms with Crippen LogP contribution in [0.25, 0.3) is 10.1 Å². The van der Waals surface area contributed by atoms with E-state index in [2.05, 4.69) is 231 Å². The van der Waals surface area contributed by atoms with Crippen LogP contribution in [0.1, 0.15) is 139 Å². The molecule has 5 heteroatoms. The third-order valence-corrected chi connectivity index (χ3v) is 19.0. The van der Waals surface area contributed by atoms with Gasteiger partial charge in [0.15, 0.2) is 0 Å². The van der Waals surface area contributed by atoms with E-state index in [1.54, 1.807) is 22.3 Å². The number of hydrogen-bond acceptors (Lipinski definition) is 4. The Morgan fingerprint density at radius 1 is 0.543 bits per heavy atom. The van der Waals surface area contributed by atoms with E-state index in [0.717, 1.165) is 29.9 Å². The van der Waals surface area contributed by atoms with Crippen molar-refractivity contribution in [1.82, 2.24) is 0 Å². The Morgan fingerprint density at radius 2 is 1.16 bits per heavy atom. The fourth-order valence-electron chi connectivity index (χ4n) is 14.0. The molecule has 0 saturated heterocycles. The van der Waals surface area contributed by atoms with Crippen molar-refractivity contribution < 1.29 is 0 Å². The zero-order chi connectivity index (χ0) is 48.6. The highest BCUT2D eigenvalue weighted by atomic mass is 32.1. The van der Waals surface area contributed by atoms with E-state index in [0.29, 0.717) is 0 Å². The lowest BCUT2D eigenvalue weighted by atomic mass is 9.35. The first-order valence-corrected chi connectivity index (χ1v) is 26.8. The lowest BCUT2D eigenvalue weighted by molar-refractivity contribution is 0.311. The lowest BCUT2D eigenvalue weighted by Gasteiger charge is -2.57. The van der Waals surface area contributed by atoms with Crippen molar-refractivity contribution in [2.24, 2.45) is 0 Å². The monoisotopic (exact) mass is 932 g/mol. The number of para-hydroxylation sites is 2. The second-order valence-corrected chi connectivity index (χ2v) is 26.0. The molecule has 4 heterocycles. The molecule has 0 fully saturated rings. The molecule has 0 radical (unpaired) electrons. The van der Waals surface area contributed by atoms with Gasteiger partial charge in [-0.2, -0.15) is 0 Å². The van der Waals surface area contributed by atoms with Crippen molar-refractivity contribution in [1.29, 1.82) is 0 Å². The van der Waals surface area contributed by atoms with Crippen LogP contribution in [-0.4, -0.2) is 6.71 Å². The maximum absolute atomic E-state index is 2.84. The zero-order valence-electron chi connectivity index (χ0n) is 43.4. The van der Waals surface area contributed by atoms with Gasteiger partial charge >= 0.3 is 0 Å². The molecule has 0 bridgehead atoms. The molecule has 3 aliphatic heterocycles. The van der Waals surface area contributed by atoms with Gasteiger partial charge in [-0.15, -0.1) is 11.3 Å². The van der Waals surface area contributed by atoms with Gasteiger partial charge in [-0.3, -0.25) is 0 Å². The van der Waals surface area contributed by atoms with Crippen molar-refractivity contribution in [3.63, 3.8) is 0 Å². The van der Waals surface area contributed by atoms with Crippen LogP contribution in [0.2, 0.25) is 0 Å². The predicted molar refractivity (Wildman–Crippen MR) is 303 cm³/mol. The molecule has 2 aliphatic carbocycles. The molecule has 70 heavy (non-hydrogen) atoms. The van der Waals surface area contributed by atoms with Crippen molar-refractivity contribution in [2.75, 3.05) is 14.7 Å². The number of benzene rings is 7. The van der Waals surface area contributed by atoms with E-state index < -0.39 is 0 Å². The van der Waals surface area contributed by atoms with Crippen LogP contribution in [0.4, 0.5) is 51.2 Å². The summed E-state index contributed by atoms with van der Waals surface area (Å²) in [7, 11) is 0. The summed E-state index contributed by atoms with van der Waals surface area (Å²) in [6.07, 6.45) is 4.65. The Kier molecular flexibility index (Phi) is 9.13. The quantitative estimate of drug-likeness (QED) is 0.163. The summed E-state index contributed by atoms with van der Waals surface area (Å²) < 4.78 is 2.78. The average molecular weight is 932 g/mol. The number of rotatable bonds is 4. The molecule has 0 spiro atoms. The summed E-state index contributed by atoms with van der Waals surface area (Å²) in [5.41, 5.74) is 26.1. The molecule has 1 atom stereocenters. The first kappa shape index (κ1) is 43.9. The lowest BCUT2D eigenvalue weighted by Crippen LogP contribution is -2.62. The smallest absolute Gasteiger partial charge is 0.264 e. The third kappa shape index (κ3) is 6.00. The summed E-state index contributed by atoms with van der Waals surface area (Å²) in [5.74, 6) is 0. The Morgan fingerprint density at radius 3 is 1.81 bits per heavy atom. The van der Waals surface area contributed by atoms with E-state index in [9.17, 15) is 0 Å². The number of nitrogens with zero attached hydrogens (tertiary/aromatic N) is 3. The molecule has 3 nitrogen and oxygen atoms in total. The van der Waals surface area contributed by atoms with Crippen LogP contribution in [0.15, 0.2) is 133 Å². The zero-order valence-corrected chi connectivity index (χ0v) is 44.2. The number of aryl methyl sites for hydroxylation is 2. The number of hydrogen-bond donors (Lipinski definition) is 0. The van der Waals surface area contributed by atoms with Crippen molar-refractivity contribution in [3.8, 4) is 0 Å². The fraction of sp³-hybridized carbons (Fsp3) is 0.323. The van der Waals surface area contributed by atoms with Gasteiger partial charge in [0.25, 0.3) is 6.71 Å². The van der Waals surface area contributed by atoms with Crippen LogP contribution in [0, 0.1) is 13.8 Å². The van der Waals surface area contributed by atoms with Crippen LogP contribution in [-0.2, 0) is 27.1 Å². The van der Waals surface area contributed by atoms with Crippen LogP contribution in [0.5, 0.6) is 0 Å². The van der Waals surface area contributed by atoms with Gasteiger partial charge in [-0.05, 0) is 172 Å².